The van der Waals surface area contributed by atoms with E-state index in [0.29, 0.717) is 30.6 Å². The van der Waals surface area contributed by atoms with Gasteiger partial charge in [0, 0.05) is 6.54 Å². The Morgan fingerprint density at radius 3 is 2.73 bits per heavy atom. The highest BCUT2D eigenvalue weighted by molar-refractivity contribution is 7.91. The molecule has 0 unspecified atom stereocenters. The fourth-order valence-electron chi connectivity index (χ4n) is 3.45. The average Bonchev–Trinajstić information content (AvgIpc) is 3.44. The Hall–Kier alpha value is -1.74. The molecule has 1 aliphatic heterocycles. The average molecular weight is 457 g/mol. The van der Waals surface area contributed by atoms with E-state index in [1.807, 2.05) is 6.92 Å². The summed E-state index contributed by atoms with van der Waals surface area (Å²) in [6.45, 7) is 3.28. The third-order valence-electron chi connectivity index (χ3n) is 5.45. The van der Waals surface area contributed by atoms with E-state index in [1.54, 1.807) is 17.0 Å². The van der Waals surface area contributed by atoms with Crippen LogP contribution in [0.5, 0.6) is 5.75 Å². The summed E-state index contributed by atoms with van der Waals surface area (Å²) in [6.07, 6.45) is 4.33. The Labute approximate surface area is 183 Å². The van der Waals surface area contributed by atoms with Crippen LogP contribution in [0.15, 0.2) is 18.2 Å². The number of thiocarbonyl (C=S) groups is 1. The molecule has 1 aromatic rings. The maximum Gasteiger partial charge on any atom is 0.245 e. The van der Waals surface area contributed by atoms with E-state index in [-0.39, 0.29) is 35.6 Å². The number of amides is 1. The number of hydrogen-bond donors (Lipinski definition) is 1. The SMILES string of the molecule is C[C@@H](CS(=O)(=O)CCCCCN1CC(=O)NC1=S)c1ccc(F)c(OCC2CC2)c1. The minimum atomic E-state index is -3.23. The Morgan fingerprint density at radius 2 is 2.07 bits per heavy atom. The van der Waals surface area contributed by atoms with Crippen molar-refractivity contribution in [2.24, 2.45) is 5.92 Å². The minimum absolute atomic E-state index is 0.0231. The highest BCUT2D eigenvalue weighted by atomic mass is 32.2. The number of sulfone groups is 1. The van der Waals surface area contributed by atoms with Crippen molar-refractivity contribution in [1.82, 2.24) is 10.2 Å². The van der Waals surface area contributed by atoms with Gasteiger partial charge in [-0.25, -0.2) is 12.8 Å². The lowest BCUT2D eigenvalue weighted by Gasteiger charge is -2.16. The van der Waals surface area contributed by atoms with E-state index in [2.05, 4.69) is 5.32 Å². The molecule has 0 spiro atoms. The van der Waals surface area contributed by atoms with Gasteiger partial charge >= 0.3 is 0 Å². The molecule has 0 bridgehead atoms. The van der Waals surface area contributed by atoms with Gasteiger partial charge in [-0.2, -0.15) is 0 Å². The first-order valence-electron chi connectivity index (χ1n) is 10.4. The predicted octanol–water partition coefficient (Wildman–Crippen LogP) is 3.02. The van der Waals surface area contributed by atoms with Crippen LogP contribution in [0.2, 0.25) is 0 Å². The van der Waals surface area contributed by atoms with Crippen LogP contribution in [0, 0.1) is 11.7 Å². The van der Waals surface area contributed by atoms with E-state index >= 15 is 0 Å². The summed E-state index contributed by atoms with van der Waals surface area (Å²) in [5.74, 6) is 0.112. The number of carbonyl (C=O) groups is 1. The largest absolute Gasteiger partial charge is 0.490 e. The van der Waals surface area contributed by atoms with Crippen LogP contribution in [0.4, 0.5) is 4.39 Å². The molecule has 3 rings (SSSR count). The summed E-state index contributed by atoms with van der Waals surface area (Å²) in [7, 11) is -3.23. The second-order valence-corrected chi connectivity index (χ2v) is 10.9. The molecule has 0 aromatic heterocycles. The van der Waals surface area contributed by atoms with Gasteiger partial charge in [-0.15, -0.1) is 0 Å². The molecule has 1 aromatic carbocycles. The van der Waals surface area contributed by atoms with E-state index in [4.69, 9.17) is 17.0 Å². The molecule has 1 atom stereocenters. The number of carbonyl (C=O) groups excluding carboxylic acids is 1. The number of benzene rings is 1. The molecule has 1 aliphatic carbocycles. The molecule has 30 heavy (non-hydrogen) atoms. The van der Waals surface area contributed by atoms with Crippen LogP contribution >= 0.6 is 12.2 Å². The fourth-order valence-corrected chi connectivity index (χ4v) is 5.49. The van der Waals surface area contributed by atoms with Gasteiger partial charge in [0.25, 0.3) is 0 Å². The van der Waals surface area contributed by atoms with Gasteiger partial charge in [-0.3, -0.25) is 4.79 Å². The quantitative estimate of drug-likeness (QED) is 0.385. The zero-order chi connectivity index (χ0) is 21.7. The lowest BCUT2D eigenvalue weighted by molar-refractivity contribution is -0.118. The molecule has 1 saturated carbocycles. The lowest BCUT2D eigenvalue weighted by atomic mass is 10.0. The highest BCUT2D eigenvalue weighted by Crippen LogP contribution is 2.31. The molecule has 1 saturated heterocycles. The van der Waals surface area contributed by atoms with E-state index in [0.717, 1.165) is 31.2 Å². The number of nitrogens with zero attached hydrogens (tertiary/aromatic N) is 1. The van der Waals surface area contributed by atoms with Crippen LogP contribution in [0.3, 0.4) is 0 Å². The van der Waals surface area contributed by atoms with Crippen molar-refractivity contribution in [2.45, 2.75) is 44.9 Å². The predicted molar refractivity (Wildman–Crippen MR) is 118 cm³/mol. The molecule has 2 fully saturated rings. The molecule has 2 aliphatic rings. The maximum absolute atomic E-state index is 14.0. The zero-order valence-corrected chi connectivity index (χ0v) is 18.9. The Morgan fingerprint density at radius 1 is 1.30 bits per heavy atom. The van der Waals surface area contributed by atoms with Gasteiger partial charge in [0.2, 0.25) is 5.91 Å². The van der Waals surface area contributed by atoms with Crippen molar-refractivity contribution >= 4 is 33.1 Å². The van der Waals surface area contributed by atoms with Crippen LogP contribution in [-0.2, 0) is 14.6 Å². The van der Waals surface area contributed by atoms with Crippen molar-refractivity contribution in [3.63, 3.8) is 0 Å². The number of halogens is 1. The standard InChI is InChI=1S/C21H29FN2O4S2/c1-15(17-7-8-18(22)19(11-17)28-13-16-5-6-16)14-30(26,27)10-4-2-3-9-24-12-20(25)23-21(24)29/h7-8,11,15-16H,2-6,9-10,12-14H2,1H3,(H,23,25,29)/t15-/m0/s1. The number of rotatable bonds is 12. The van der Waals surface area contributed by atoms with Gasteiger partial charge in [-0.05, 0) is 67.4 Å². The summed E-state index contributed by atoms with van der Waals surface area (Å²) < 4.78 is 44.6. The first kappa shape index (κ1) is 22.9. The second-order valence-electron chi connectivity index (χ2n) is 8.30. The maximum atomic E-state index is 14.0. The summed E-state index contributed by atoms with van der Waals surface area (Å²) in [6, 6.07) is 4.61. The smallest absolute Gasteiger partial charge is 0.245 e. The first-order valence-corrected chi connectivity index (χ1v) is 12.7. The Kier molecular flexibility index (Phi) is 7.68. The Bertz CT molecular complexity index is 887. The summed E-state index contributed by atoms with van der Waals surface area (Å²) in [5, 5.41) is 3.03. The van der Waals surface area contributed by atoms with Gasteiger partial charge < -0.3 is 15.0 Å². The van der Waals surface area contributed by atoms with E-state index in [1.165, 1.54) is 6.07 Å². The van der Waals surface area contributed by atoms with Crippen molar-refractivity contribution < 1.29 is 22.3 Å². The molecular formula is C21H29FN2O4S2. The third kappa shape index (κ3) is 6.91. The number of unbranched alkanes of at least 4 members (excludes halogenated alkanes) is 2. The second kappa shape index (κ2) is 10.0. The molecule has 166 valence electrons. The fraction of sp³-hybridized carbons (Fsp3) is 0.619. The minimum Gasteiger partial charge on any atom is -0.490 e. The van der Waals surface area contributed by atoms with Crippen LogP contribution in [-0.4, -0.2) is 55.5 Å². The molecule has 1 N–H and O–H groups in total. The van der Waals surface area contributed by atoms with E-state index in [9.17, 15) is 17.6 Å². The molecule has 6 nitrogen and oxygen atoms in total. The van der Waals surface area contributed by atoms with Gasteiger partial charge in [-0.1, -0.05) is 19.4 Å². The third-order valence-corrected chi connectivity index (χ3v) is 7.73. The van der Waals surface area contributed by atoms with Gasteiger partial charge in [0.1, 0.15) is 0 Å². The number of nitrogens with one attached hydrogen (secondary N) is 1. The number of ether oxygens (including phenoxy) is 1. The summed E-state index contributed by atoms with van der Waals surface area (Å²) in [4.78, 5) is 13.1. The van der Waals surface area contributed by atoms with Crippen molar-refractivity contribution in [1.29, 1.82) is 0 Å². The monoisotopic (exact) mass is 456 g/mol. The number of hydrogen-bond acceptors (Lipinski definition) is 5. The Balaban J connectivity index is 1.42. The van der Waals surface area contributed by atoms with Crippen molar-refractivity contribution in [2.75, 3.05) is 31.2 Å². The van der Waals surface area contributed by atoms with Gasteiger partial charge in [0.05, 0.1) is 24.7 Å². The molecule has 0 radical (unpaired) electrons. The van der Waals surface area contributed by atoms with Crippen LogP contribution in [0.25, 0.3) is 0 Å². The summed E-state index contributed by atoms with van der Waals surface area (Å²) in [5.41, 5.74) is 0.769. The van der Waals surface area contributed by atoms with Crippen LogP contribution < -0.4 is 10.1 Å². The molecule has 9 heteroatoms. The molecule has 1 amide bonds. The van der Waals surface area contributed by atoms with Gasteiger partial charge in [0.15, 0.2) is 26.5 Å². The molecule has 1 heterocycles. The topological polar surface area (TPSA) is 75.7 Å². The first-order chi connectivity index (χ1) is 14.2. The zero-order valence-electron chi connectivity index (χ0n) is 17.2. The van der Waals surface area contributed by atoms with Crippen molar-refractivity contribution in [3.05, 3.63) is 29.6 Å². The lowest BCUT2D eigenvalue weighted by Crippen LogP contribution is -2.28. The normalized spacial score (nSPS) is 17.9. The summed E-state index contributed by atoms with van der Waals surface area (Å²) >= 11 is 5.06. The highest BCUT2D eigenvalue weighted by Gasteiger charge is 2.24. The molecular weight excluding hydrogens is 427 g/mol. The van der Waals surface area contributed by atoms with E-state index < -0.39 is 15.7 Å². The van der Waals surface area contributed by atoms with Crippen molar-refractivity contribution in [3.8, 4) is 5.75 Å². The van der Waals surface area contributed by atoms with Crippen LogP contribution in [0.1, 0.15) is 50.5 Å².